The zero-order valence-electron chi connectivity index (χ0n) is 10.1. The maximum atomic E-state index is 13.2. The van der Waals surface area contributed by atoms with Gasteiger partial charge in [-0.05, 0) is 37.6 Å². The third kappa shape index (κ3) is 5.75. The Balaban J connectivity index is 2.15. The van der Waals surface area contributed by atoms with Crippen molar-refractivity contribution in [1.82, 2.24) is 5.32 Å². The minimum Gasteiger partial charge on any atom is -0.381 e. The van der Waals surface area contributed by atoms with Crippen LogP contribution in [0.3, 0.4) is 0 Å². The normalized spacial score (nSPS) is 10.8. The van der Waals surface area contributed by atoms with Crippen LogP contribution in [0.15, 0.2) is 18.2 Å². The fourth-order valence-electron chi connectivity index (χ4n) is 1.45. The van der Waals surface area contributed by atoms with Gasteiger partial charge in [0, 0.05) is 25.3 Å². The van der Waals surface area contributed by atoms with Gasteiger partial charge >= 0.3 is 0 Å². The van der Waals surface area contributed by atoms with Crippen molar-refractivity contribution in [3.8, 4) is 0 Å². The Hall–Kier alpha value is -1.00. The Bertz CT molecular complexity index is 331. The molecule has 17 heavy (non-hydrogen) atoms. The van der Waals surface area contributed by atoms with Crippen LogP contribution in [0.2, 0.25) is 0 Å². The second-order valence-electron chi connectivity index (χ2n) is 3.88. The van der Waals surface area contributed by atoms with E-state index in [2.05, 4.69) is 12.2 Å². The van der Waals surface area contributed by atoms with E-state index in [-0.39, 0.29) is 5.82 Å². The molecular weight excluding hydrogens is 224 g/mol. The van der Waals surface area contributed by atoms with Crippen molar-refractivity contribution in [3.05, 3.63) is 35.4 Å². The van der Waals surface area contributed by atoms with Gasteiger partial charge in [-0.15, -0.1) is 0 Å². The first-order valence-corrected chi connectivity index (χ1v) is 5.96. The summed E-state index contributed by atoms with van der Waals surface area (Å²) in [6.45, 7) is 4.62. The minimum atomic E-state index is -0.408. The molecule has 1 rings (SSSR count). The summed E-state index contributed by atoms with van der Waals surface area (Å²) in [5, 5.41) is 3.06. The molecule has 1 aromatic carbocycles. The smallest absolute Gasteiger partial charge is 0.127 e. The number of hydrogen-bond donors (Lipinski definition) is 1. The van der Waals surface area contributed by atoms with Crippen LogP contribution >= 0.6 is 0 Å². The van der Waals surface area contributed by atoms with Crippen LogP contribution < -0.4 is 5.32 Å². The van der Waals surface area contributed by atoms with Crippen LogP contribution in [0.5, 0.6) is 0 Å². The van der Waals surface area contributed by atoms with E-state index in [0.717, 1.165) is 38.1 Å². The molecule has 0 unspecified atom stereocenters. The Morgan fingerprint density at radius 3 is 2.82 bits per heavy atom. The SMILES string of the molecule is CCCOCCCNCc1cc(F)ccc1F. The lowest BCUT2D eigenvalue weighted by Gasteiger charge is -2.06. The van der Waals surface area contributed by atoms with E-state index in [1.54, 1.807) is 0 Å². The topological polar surface area (TPSA) is 21.3 Å². The first-order valence-electron chi connectivity index (χ1n) is 5.96. The van der Waals surface area contributed by atoms with E-state index in [9.17, 15) is 8.78 Å². The molecule has 0 amide bonds. The summed E-state index contributed by atoms with van der Waals surface area (Å²) in [6.07, 6.45) is 1.89. The Labute approximate surface area is 101 Å². The molecule has 0 atom stereocenters. The summed E-state index contributed by atoms with van der Waals surface area (Å²) in [4.78, 5) is 0. The third-order valence-corrected chi connectivity index (χ3v) is 2.31. The van der Waals surface area contributed by atoms with Gasteiger partial charge < -0.3 is 10.1 Å². The molecule has 2 nitrogen and oxygen atoms in total. The highest BCUT2D eigenvalue weighted by Crippen LogP contribution is 2.08. The minimum absolute atomic E-state index is 0.345. The second-order valence-corrected chi connectivity index (χ2v) is 3.88. The van der Waals surface area contributed by atoms with Crippen LogP contribution in [0, 0.1) is 11.6 Å². The van der Waals surface area contributed by atoms with Gasteiger partial charge in [-0.2, -0.15) is 0 Å². The molecule has 1 N–H and O–H groups in total. The van der Waals surface area contributed by atoms with Crippen molar-refractivity contribution in [1.29, 1.82) is 0 Å². The lowest BCUT2D eigenvalue weighted by molar-refractivity contribution is 0.132. The predicted molar refractivity (Wildman–Crippen MR) is 63.8 cm³/mol. The van der Waals surface area contributed by atoms with E-state index in [0.29, 0.717) is 18.7 Å². The summed E-state index contributed by atoms with van der Waals surface area (Å²) in [7, 11) is 0. The van der Waals surface area contributed by atoms with Crippen LogP contribution in [0.4, 0.5) is 8.78 Å². The molecule has 96 valence electrons. The van der Waals surface area contributed by atoms with Gasteiger partial charge in [0.1, 0.15) is 11.6 Å². The monoisotopic (exact) mass is 243 g/mol. The summed E-state index contributed by atoms with van der Waals surface area (Å²) in [5.41, 5.74) is 0.361. The highest BCUT2D eigenvalue weighted by molar-refractivity contribution is 5.18. The van der Waals surface area contributed by atoms with Crippen LogP contribution in [-0.2, 0) is 11.3 Å². The van der Waals surface area contributed by atoms with Gasteiger partial charge in [0.25, 0.3) is 0 Å². The summed E-state index contributed by atoms with van der Waals surface area (Å²) in [5.74, 6) is -0.782. The van der Waals surface area contributed by atoms with E-state index in [1.165, 1.54) is 6.07 Å². The summed E-state index contributed by atoms with van der Waals surface area (Å²) >= 11 is 0. The van der Waals surface area contributed by atoms with Gasteiger partial charge in [-0.25, -0.2) is 8.78 Å². The summed E-state index contributed by atoms with van der Waals surface area (Å²) in [6, 6.07) is 3.49. The van der Waals surface area contributed by atoms with E-state index < -0.39 is 5.82 Å². The van der Waals surface area contributed by atoms with E-state index >= 15 is 0 Å². The third-order valence-electron chi connectivity index (χ3n) is 2.31. The number of nitrogens with one attached hydrogen (secondary N) is 1. The maximum Gasteiger partial charge on any atom is 0.127 e. The average molecular weight is 243 g/mol. The fourth-order valence-corrected chi connectivity index (χ4v) is 1.45. The van der Waals surface area contributed by atoms with E-state index in [4.69, 9.17) is 4.74 Å². The van der Waals surface area contributed by atoms with Crippen molar-refractivity contribution < 1.29 is 13.5 Å². The quantitative estimate of drug-likeness (QED) is 0.709. The molecule has 0 spiro atoms. The fraction of sp³-hybridized carbons (Fsp3) is 0.538. The maximum absolute atomic E-state index is 13.2. The van der Waals surface area contributed by atoms with Crippen LogP contribution in [0.1, 0.15) is 25.3 Å². The number of rotatable bonds is 8. The molecular formula is C13H19F2NO. The zero-order valence-corrected chi connectivity index (χ0v) is 10.1. The van der Waals surface area contributed by atoms with Gasteiger partial charge in [0.15, 0.2) is 0 Å². The first-order chi connectivity index (χ1) is 8.24. The highest BCUT2D eigenvalue weighted by atomic mass is 19.1. The van der Waals surface area contributed by atoms with Gasteiger partial charge in [0.05, 0.1) is 0 Å². The largest absolute Gasteiger partial charge is 0.381 e. The van der Waals surface area contributed by atoms with Crippen LogP contribution in [0.25, 0.3) is 0 Å². The van der Waals surface area contributed by atoms with Gasteiger partial charge in [0.2, 0.25) is 0 Å². The van der Waals surface area contributed by atoms with Crippen molar-refractivity contribution in [2.75, 3.05) is 19.8 Å². The predicted octanol–water partition coefficient (Wildman–Crippen LogP) is 2.87. The Kier molecular flexibility index (Phi) is 6.74. The zero-order chi connectivity index (χ0) is 12.5. The first kappa shape index (κ1) is 14.1. The lowest BCUT2D eigenvalue weighted by Crippen LogP contribution is -2.17. The van der Waals surface area contributed by atoms with Crippen molar-refractivity contribution >= 4 is 0 Å². The molecule has 0 aliphatic heterocycles. The molecule has 0 aliphatic rings. The molecule has 0 heterocycles. The van der Waals surface area contributed by atoms with Gasteiger partial charge in [-0.3, -0.25) is 0 Å². The standard InChI is InChI=1S/C13H19F2NO/c1-2-7-17-8-3-6-16-10-11-9-12(14)4-5-13(11)15/h4-5,9,16H,2-3,6-8,10H2,1H3. The molecule has 1 aromatic rings. The average Bonchev–Trinajstić information content (AvgIpc) is 2.32. The Morgan fingerprint density at radius 2 is 2.06 bits per heavy atom. The number of benzene rings is 1. The molecule has 0 radical (unpaired) electrons. The highest BCUT2D eigenvalue weighted by Gasteiger charge is 2.02. The molecule has 0 aromatic heterocycles. The summed E-state index contributed by atoms with van der Waals surface area (Å²) < 4.78 is 31.4. The molecule has 0 aliphatic carbocycles. The Morgan fingerprint density at radius 1 is 1.24 bits per heavy atom. The number of hydrogen-bond acceptors (Lipinski definition) is 2. The van der Waals surface area contributed by atoms with Crippen molar-refractivity contribution in [3.63, 3.8) is 0 Å². The molecule has 0 bridgehead atoms. The molecule has 0 saturated heterocycles. The number of halogens is 2. The molecule has 0 saturated carbocycles. The van der Waals surface area contributed by atoms with Crippen molar-refractivity contribution in [2.45, 2.75) is 26.3 Å². The molecule has 4 heteroatoms. The van der Waals surface area contributed by atoms with Crippen molar-refractivity contribution in [2.24, 2.45) is 0 Å². The second kappa shape index (κ2) is 8.14. The van der Waals surface area contributed by atoms with Gasteiger partial charge in [-0.1, -0.05) is 6.92 Å². The van der Waals surface area contributed by atoms with E-state index in [1.807, 2.05) is 0 Å². The van der Waals surface area contributed by atoms with Crippen LogP contribution in [-0.4, -0.2) is 19.8 Å². The lowest BCUT2D eigenvalue weighted by atomic mass is 10.2. The molecule has 0 fully saturated rings. The number of ether oxygens (including phenoxy) is 1.